The summed E-state index contributed by atoms with van der Waals surface area (Å²) in [6.45, 7) is -0.674. The van der Waals surface area contributed by atoms with Crippen LogP contribution in [0, 0.1) is 11.6 Å². The van der Waals surface area contributed by atoms with Gasteiger partial charge in [0.2, 0.25) is 5.91 Å². The first-order valence-electron chi connectivity index (χ1n) is 7.24. The molecule has 0 saturated carbocycles. The van der Waals surface area contributed by atoms with E-state index in [-0.39, 0.29) is 17.0 Å². The Morgan fingerprint density at radius 2 is 1.80 bits per heavy atom. The zero-order chi connectivity index (χ0) is 18.0. The van der Waals surface area contributed by atoms with Gasteiger partial charge in [0.15, 0.2) is 0 Å². The third-order valence-corrected chi connectivity index (χ3v) is 5.20. The van der Waals surface area contributed by atoms with Crippen molar-refractivity contribution in [2.75, 3.05) is 6.54 Å². The van der Waals surface area contributed by atoms with E-state index < -0.39 is 34.1 Å². The van der Waals surface area contributed by atoms with Crippen LogP contribution >= 0.6 is 0 Å². The summed E-state index contributed by atoms with van der Waals surface area (Å²) in [6, 6.07) is 9.16. The molecule has 0 aromatic heterocycles. The molecule has 2 aromatic carbocycles. The van der Waals surface area contributed by atoms with Crippen molar-refractivity contribution < 1.29 is 22.0 Å². The third-order valence-electron chi connectivity index (χ3n) is 3.49. The van der Waals surface area contributed by atoms with Gasteiger partial charge in [0.05, 0.1) is 11.1 Å². The molecular formula is C16H13F2N3O3S. The standard InChI is InChI=1S/C16H13F2N3O3S/c17-13-5-11(6-14(18)7-13)8-19-16(22)10-21-20-9-12-3-1-2-4-15(12)25(21,23)24/h1-7,9H,8,10H2,(H,19,22). The Hall–Kier alpha value is -2.81. The number of hydrazone groups is 1. The Morgan fingerprint density at radius 3 is 2.52 bits per heavy atom. The normalized spacial score (nSPS) is 14.9. The second-order valence-electron chi connectivity index (χ2n) is 5.32. The highest BCUT2D eigenvalue weighted by atomic mass is 32.2. The molecule has 1 N–H and O–H groups in total. The number of carbonyl (C=O) groups excluding carboxylic acids is 1. The summed E-state index contributed by atoms with van der Waals surface area (Å²) in [5.74, 6) is -2.17. The molecule has 1 amide bonds. The molecule has 0 radical (unpaired) electrons. The van der Waals surface area contributed by atoms with E-state index in [4.69, 9.17) is 0 Å². The molecule has 9 heteroatoms. The van der Waals surface area contributed by atoms with Crippen molar-refractivity contribution in [1.29, 1.82) is 0 Å². The maximum Gasteiger partial charge on any atom is 0.280 e. The molecule has 0 bridgehead atoms. The van der Waals surface area contributed by atoms with Crippen LogP contribution in [-0.4, -0.2) is 31.5 Å². The van der Waals surface area contributed by atoms with Gasteiger partial charge in [-0.2, -0.15) is 17.9 Å². The average molecular weight is 365 g/mol. The second kappa shape index (κ2) is 6.60. The highest BCUT2D eigenvalue weighted by Gasteiger charge is 2.30. The van der Waals surface area contributed by atoms with Crippen molar-refractivity contribution >= 4 is 22.1 Å². The predicted molar refractivity (Wildman–Crippen MR) is 86.1 cm³/mol. The zero-order valence-corrected chi connectivity index (χ0v) is 13.6. The lowest BCUT2D eigenvalue weighted by atomic mass is 10.2. The summed E-state index contributed by atoms with van der Waals surface area (Å²) in [7, 11) is -3.92. The molecule has 0 saturated heterocycles. The average Bonchev–Trinajstić information content (AvgIpc) is 2.55. The van der Waals surface area contributed by atoms with Crippen LogP contribution in [0.4, 0.5) is 8.78 Å². The fourth-order valence-corrected chi connectivity index (χ4v) is 3.70. The van der Waals surface area contributed by atoms with Gasteiger partial charge in [0, 0.05) is 18.2 Å². The van der Waals surface area contributed by atoms with E-state index in [0.717, 1.165) is 18.2 Å². The molecule has 0 spiro atoms. The first kappa shape index (κ1) is 17.0. The minimum atomic E-state index is -3.92. The monoisotopic (exact) mass is 365 g/mol. The molecule has 1 aliphatic rings. The van der Waals surface area contributed by atoms with Crippen LogP contribution in [0.15, 0.2) is 52.5 Å². The van der Waals surface area contributed by atoms with Gasteiger partial charge in [0.25, 0.3) is 10.0 Å². The Labute approximate surface area is 142 Å². The molecule has 0 unspecified atom stereocenters. The SMILES string of the molecule is O=C(CN1N=Cc2ccccc2S1(=O)=O)NCc1cc(F)cc(F)c1. The zero-order valence-electron chi connectivity index (χ0n) is 12.8. The summed E-state index contributed by atoms with van der Waals surface area (Å²) in [4.78, 5) is 12.0. The number of carbonyl (C=O) groups is 1. The van der Waals surface area contributed by atoms with Gasteiger partial charge >= 0.3 is 0 Å². The van der Waals surface area contributed by atoms with Crippen LogP contribution in [-0.2, 0) is 21.4 Å². The first-order valence-corrected chi connectivity index (χ1v) is 8.68. The van der Waals surface area contributed by atoms with E-state index in [1.807, 2.05) is 0 Å². The van der Waals surface area contributed by atoms with E-state index in [9.17, 15) is 22.0 Å². The third kappa shape index (κ3) is 3.66. The predicted octanol–water partition coefficient (Wildman–Crippen LogP) is 1.62. The van der Waals surface area contributed by atoms with Crippen LogP contribution in [0.2, 0.25) is 0 Å². The van der Waals surface area contributed by atoms with Gasteiger partial charge < -0.3 is 5.32 Å². The quantitative estimate of drug-likeness (QED) is 0.894. The van der Waals surface area contributed by atoms with Crippen LogP contribution in [0.3, 0.4) is 0 Å². The van der Waals surface area contributed by atoms with Crippen molar-refractivity contribution in [2.24, 2.45) is 5.10 Å². The molecule has 2 aromatic rings. The summed E-state index contributed by atoms with van der Waals surface area (Å²) in [5.41, 5.74) is 0.663. The number of amides is 1. The smallest absolute Gasteiger partial charge is 0.280 e. The lowest BCUT2D eigenvalue weighted by Gasteiger charge is -2.23. The highest BCUT2D eigenvalue weighted by Crippen LogP contribution is 2.23. The van der Waals surface area contributed by atoms with Crippen LogP contribution in [0.5, 0.6) is 0 Å². The number of hydrogen-bond donors (Lipinski definition) is 1. The van der Waals surface area contributed by atoms with E-state index >= 15 is 0 Å². The Bertz CT molecular complexity index is 941. The molecule has 1 heterocycles. The van der Waals surface area contributed by atoms with Crippen LogP contribution in [0.1, 0.15) is 11.1 Å². The second-order valence-corrected chi connectivity index (χ2v) is 7.13. The number of rotatable bonds is 4. The number of nitrogens with one attached hydrogen (secondary N) is 1. The Morgan fingerprint density at radius 1 is 1.12 bits per heavy atom. The fourth-order valence-electron chi connectivity index (χ4n) is 2.34. The van der Waals surface area contributed by atoms with Gasteiger partial charge in [0.1, 0.15) is 18.2 Å². The summed E-state index contributed by atoms with van der Waals surface area (Å²) in [5, 5.41) is 6.20. The van der Waals surface area contributed by atoms with E-state index in [2.05, 4.69) is 10.4 Å². The number of fused-ring (bicyclic) bond motifs is 1. The van der Waals surface area contributed by atoms with Gasteiger partial charge in [-0.05, 0) is 23.8 Å². The molecule has 0 atom stereocenters. The van der Waals surface area contributed by atoms with Gasteiger partial charge in [-0.1, -0.05) is 18.2 Å². The number of benzene rings is 2. The summed E-state index contributed by atoms with van der Waals surface area (Å²) in [6.07, 6.45) is 1.35. The van der Waals surface area contributed by atoms with Gasteiger partial charge in [-0.3, -0.25) is 4.79 Å². The Kier molecular flexibility index (Phi) is 4.49. The largest absolute Gasteiger partial charge is 0.350 e. The maximum absolute atomic E-state index is 13.1. The topological polar surface area (TPSA) is 78.8 Å². The molecule has 1 aliphatic heterocycles. The number of sulfonamides is 1. The van der Waals surface area contributed by atoms with E-state index in [1.54, 1.807) is 18.2 Å². The lowest BCUT2D eigenvalue weighted by molar-refractivity contribution is -0.121. The van der Waals surface area contributed by atoms with Crippen molar-refractivity contribution in [3.05, 3.63) is 65.2 Å². The van der Waals surface area contributed by atoms with Crippen molar-refractivity contribution in [3.8, 4) is 0 Å². The lowest BCUT2D eigenvalue weighted by Crippen LogP contribution is -2.39. The van der Waals surface area contributed by atoms with E-state index in [0.29, 0.717) is 9.98 Å². The van der Waals surface area contributed by atoms with E-state index in [1.165, 1.54) is 12.3 Å². The maximum atomic E-state index is 13.1. The molecule has 3 rings (SSSR count). The molecule has 6 nitrogen and oxygen atoms in total. The number of hydrogen-bond acceptors (Lipinski definition) is 4. The fraction of sp³-hybridized carbons (Fsp3) is 0.125. The summed E-state index contributed by atoms with van der Waals surface area (Å²) >= 11 is 0. The van der Waals surface area contributed by atoms with Crippen LogP contribution in [0.25, 0.3) is 0 Å². The Balaban J connectivity index is 1.68. The van der Waals surface area contributed by atoms with Crippen LogP contribution < -0.4 is 5.32 Å². The molecule has 25 heavy (non-hydrogen) atoms. The highest BCUT2D eigenvalue weighted by molar-refractivity contribution is 7.89. The minimum Gasteiger partial charge on any atom is -0.350 e. The molecule has 130 valence electrons. The van der Waals surface area contributed by atoms with Gasteiger partial charge in [-0.25, -0.2) is 8.78 Å². The van der Waals surface area contributed by atoms with Crippen molar-refractivity contribution in [2.45, 2.75) is 11.4 Å². The number of halogens is 2. The molecule has 0 aliphatic carbocycles. The molecular weight excluding hydrogens is 352 g/mol. The number of nitrogens with zero attached hydrogens (tertiary/aromatic N) is 2. The van der Waals surface area contributed by atoms with Crippen molar-refractivity contribution in [3.63, 3.8) is 0 Å². The first-order chi connectivity index (χ1) is 11.9. The minimum absolute atomic E-state index is 0.0602. The van der Waals surface area contributed by atoms with Crippen molar-refractivity contribution in [1.82, 2.24) is 9.73 Å². The van der Waals surface area contributed by atoms with Gasteiger partial charge in [-0.15, -0.1) is 0 Å². The summed E-state index contributed by atoms with van der Waals surface area (Å²) < 4.78 is 51.8. The molecule has 0 fully saturated rings.